The zero-order valence-electron chi connectivity index (χ0n) is 26.9. The molecule has 2 N–H and O–H groups in total. The van der Waals surface area contributed by atoms with E-state index in [0.717, 1.165) is 5.56 Å². The molecule has 0 fully saturated rings. The van der Waals surface area contributed by atoms with Crippen LogP contribution in [-0.2, 0) is 22.6 Å². The summed E-state index contributed by atoms with van der Waals surface area (Å²) in [5, 5.41) is 30.5. The van der Waals surface area contributed by atoms with Crippen LogP contribution >= 0.6 is 0 Å². The van der Waals surface area contributed by atoms with Gasteiger partial charge in [-0.15, -0.1) is 5.10 Å². The van der Waals surface area contributed by atoms with Gasteiger partial charge in [0.1, 0.15) is 18.0 Å². The van der Waals surface area contributed by atoms with Crippen LogP contribution in [0.2, 0.25) is 0 Å². The monoisotopic (exact) mass is 630 g/mol. The number of nitro groups is 1. The highest BCUT2D eigenvalue weighted by Gasteiger charge is 2.26. The minimum Gasteiger partial charge on any atom is -0.439 e. The number of nitrogens with zero attached hydrogens (tertiary/aromatic N) is 6. The summed E-state index contributed by atoms with van der Waals surface area (Å²) in [6.45, 7) is 10.8. The van der Waals surface area contributed by atoms with E-state index in [1.807, 2.05) is 83.1 Å². The van der Waals surface area contributed by atoms with Gasteiger partial charge in [-0.1, -0.05) is 62.4 Å². The standard InChI is InChI=1S/C33H42N8O5/c1-23(2)27(34-19-25-18-31(35-20-29(25)41(43)44)46-26-14-10-7-11-15-26)16-17-30(42)36-28(22-45-33(3,4)5)32-37-38-39-40(32)21-24-12-8-6-9-13-24/h6-15,18,20,23,27-28,34H,16-17,19,21-22H2,1-5H3,(H,36,42)/t27?,28-/m1/s1. The average molecular weight is 631 g/mol. The van der Waals surface area contributed by atoms with Crippen LogP contribution in [0.4, 0.5) is 5.69 Å². The summed E-state index contributed by atoms with van der Waals surface area (Å²) in [7, 11) is 0. The van der Waals surface area contributed by atoms with Gasteiger partial charge in [-0.3, -0.25) is 14.9 Å². The predicted octanol–water partition coefficient (Wildman–Crippen LogP) is 5.38. The molecule has 4 rings (SSSR count). The van der Waals surface area contributed by atoms with E-state index >= 15 is 0 Å². The Labute approximate surface area is 268 Å². The number of carbonyl (C=O) groups excluding carboxylic acids is 1. The number of benzene rings is 2. The summed E-state index contributed by atoms with van der Waals surface area (Å²) in [4.78, 5) is 28.7. The first-order valence-electron chi connectivity index (χ1n) is 15.3. The third-order valence-electron chi connectivity index (χ3n) is 7.21. The van der Waals surface area contributed by atoms with Crippen LogP contribution in [0.5, 0.6) is 11.6 Å². The number of rotatable bonds is 16. The Bertz CT molecular complexity index is 1560. The summed E-state index contributed by atoms with van der Waals surface area (Å²) < 4.78 is 13.5. The van der Waals surface area contributed by atoms with E-state index in [-0.39, 0.29) is 49.0 Å². The molecule has 0 saturated carbocycles. The lowest BCUT2D eigenvalue weighted by Crippen LogP contribution is -2.38. The number of hydrogen-bond donors (Lipinski definition) is 2. The maximum absolute atomic E-state index is 13.3. The molecule has 0 aliphatic rings. The van der Waals surface area contributed by atoms with Gasteiger partial charge in [0.05, 0.1) is 29.2 Å². The molecule has 2 aromatic carbocycles. The predicted molar refractivity (Wildman–Crippen MR) is 172 cm³/mol. The minimum atomic E-state index is -0.571. The number of ether oxygens (including phenoxy) is 2. The molecule has 2 atom stereocenters. The molecule has 1 unspecified atom stereocenters. The van der Waals surface area contributed by atoms with Crippen LogP contribution in [0.25, 0.3) is 0 Å². The zero-order chi connectivity index (χ0) is 33.1. The van der Waals surface area contributed by atoms with Crippen LogP contribution in [0.15, 0.2) is 72.9 Å². The zero-order valence-corrected chi connectivity index (χ0v) is 26.9. The Kier molecular flexibility index (Phi) is 11.9. The summed E-state index contributed by atoms with van der Waals surface area (Å²) in [5.74, 6) is 1.30. The molecule has 0 saturated heterocycles. The number of carbonyl (C=O) groups is 1. The largest absolute Gasteiger partial charge is 0.439 e. The Morgan fingerprint density at radius 1 is 1.07 bits per heavy atom. The molecular formula is C33H42N8O5. The van der Waals surface area contributed by atoms with Crippen molar-refractivity contribution < 1.29 is 19.2 Å². The summed E-state index contributed by atoms with van der Waals surface area (Å²) in [6, 6.07) is 19.8. The van der Waals surface area contributed by atoms with E-state index in [2.05, 4.69) is 31.1 Å². The molecular weight excluding hydrogens is 588 g/mol. The first-order valence-corrected chi connectivity index (χ1v) is 15.3. The van der Waals surface area contributed by atoms with Gasteiger partial charge in [0.2, 0.25) is 11.8 Å². The highest BCUT2D eigenvalue weighted by molar-refractivity contribution is 5.76. The highest BCUT2D eigenvalue weighted by Crippen LogP contribution is 2.26. The SMILES string of the molecule is CC(C)C(CCC(=O)N[C@H](COC(C)(C)C)c1nnnn1Cc1ccccc1)NCc1cc(Oc2ccccc2)ncc1[N+](=O)[O-]. The summed E-state index contributed by atoms with van der Waals surface area (Å²) >= 11 is 0. The lowest BCUT2D eigenvalue weighted by Gasteiger charge is -2.26. The lowest BCUT2D eigenvalue weighted by atomic mass is 9.98. The summed E-state index contributed by atoms with van der Waals surface area (Å²) in [6.07, 6.45) is 1.92. The van der Waals surface area contributed by atoms with Crippen LogP contribution < -0.4 is 15.4 Å². The van der Waals surface area contributed by atoms with Crippen molar-refractivity contribution in [1.82, 2.24) is 35.8 Å². The van der Waals surface area contributed by atoms with Gasteiger partial charge in [-0.05, 0) is 61.2 Å². The molecule has 4 aromatic rings. The second-order valence-electron chi connectivity index (χ2n) is 12.3. The van der Waals surface area contributed by atoms with Crippen LogP contribution in [-0.4, -0.2) is 54.3 Å². The lowest BCUT2D eigenvalue weighted by molar-refractivity contribution is -0.386. The van der Waals surface area contributed by atoms with Crippen molar-refractivity contribution in [2.24, 2.45) is 5.92 Å². The third kappa shape index (κ3) is 10.4. The quantitative estimate of drug-likeness (QED) is 0.121. The average Bonchev–Trinajstić information content (AvgIpc) is 3.47. The molecule has 0 spiro atoms. The fourth-order valence-electron chi connectivity index (χ4n) is 4.75. The number of hydrogen-bond acceptors (Lipinski definition) is 10. The van der Waals surface area contributed by atoms with Crippen molar-refractivity contribution in [3.8, 4) is 11.6 Å². The Hall–Kier alpha value is -4.75. The van der Waals surface area contributed by atoms with Crippen molar-refractivity contribution >= 4 is 11.6 Å². The molecule has 0 radical (unpaired) electrons. The van der Waals surface area contributed by atoms with E-state index in [9.17, 15) is 14.9 Å². The molecule has 13 nitrogen and oxygen atoms in total. The number of aromatic nitrogens is 5. The van der Waals surface area contributed by atoms with Crippen LogP contribution in [0, 0.1) is 16.0 Å². The van der Waals surface area contributed by atoms with E-state index in [1.165, 1.54) is 6.20 Å². The Morgan fingerprint density at radius 3 is 2.41 bits per heavy atom. The fraction of sp³-hybridized carbons (Fsp3) is 0.424. The van der Waals surface area contributed by atoms with Crippen molar-refractivity contribution in [2.45, 2.75) is 78.2 Å². The molecule has 244 valence electrons. The van der Waals surface area contributed by atoms with Gasteiger partial charge >= 0.3 is 0 Å². The number of amides is 1. The first kappa shape index (κ1) is 34.1. The molecule has 2 heterocycles. The maximum atomic E-state index is 13.3. The maximum Gasteiger partial charge on any atom is 0.292 e. The fourth-order valence-corrected chi connectivity index (χ4v) is 4.75. The van der Waals surface area contributed by atoms with Crippen LogP contribution in [0.3, 0.4) is 0 Å². The molecule has 13 heteroatoms. The van der Waals surface area contributed by atoms with Gasteiger partial charge < -0.3 is 20.1 Å². The van der Waals surface area contributed by atoms with Crippen LogP contribution in [0.1, 0.15) is 70.5 Å². The Morgan fingerprint density at radius 2 is 1.76 bits per heavy atom. The van der Waals surface area contributed by atoms with E-state index in [1.54, 1.807) is 22.9 Å². The smallest absolute Gasteiger partial charge is 0.292 e. The van der Waals surface area contributed by atoms with Gasteiger partial charge in [0.25, 0.3) is 5.69 Å². The molecule has 0 aliphatic carbocycles. The Balaban J connectivity index is 1.41. The molecule has 0 aliphatic heterocycles. The molecule has 2 aromatic heterocycles. The normalized spacial score (nSPS) is 12.9. The van der Waals surface area contributed by atoms with Gasteiger partial charge in [-0.2, -0.15) is 0 Å². The second-order valence-corrected chi connectivity index (χ2v) is 12.3. The number of pyridine rings is 1. The number of para-hydroxylation sites is 1. The molecule has 0 bridgehead atoms. The van der Waals surface area contributed by atoms with E-state index in [0.29, 0.717) is 30.1 Å². The van der Waals surface area contributed by atoms with Gasteiger partial charge in [-0.25, -0.2) is 9.67 Å². The first-order chi connectivity index (χ1) is 22.0. The molecule has 46 heavy (non-hydrogen) atoms. The number of tetrazole rings is 1. The van der Waals surface area contributed by atoms with Gasteiger partial charge in [0.15, 0.2) is 5.82 Å². The van der Waals surface area contributed by atoms with Crippen molar-refractivity contribution in [3.05, 3.63) is 100.0 Å². The second kappa shape index (κ2) is 16.0. The minimum absolute atomic E-state index is 0.107. The van der Waals surface area contributed by atoms with Crippen molar-refractivity contribution in [1.29, 1.82) is 0 Å². The summed E-state index contributed by atoms with van der Waals surface area (Å²) in [5.41, 5.74) is 0.917. The third-order valence-corrected chi connectivity index (χ3v) is 7.21. The topological polar surface area (TPSA) is 159 Å². The van der Waals surface area contributed by atoms with Crippen molar-refractivity contribution in [3.63, 3.8) is 0 Å². The number of nitrogens with one attached hydrogen (secondary N) is 2. The highest BCUT2D eigenvalue weighted by atomic mass is 16.6. The van der Waals surface area contributed by atoms with Crippen molar-refractivity contribution in [2.75, 3.05) is 6.61 Å². The van der Waals surface area contributed by atoms with Gasteiger partial charge in [0, 0.05) is 25.1 Å². The molecule has 1 amide bonds. The van der Waals surface area contributed by atoms with E-state index < -0.39 is 16.6 Å². The van der Waals surface area contributed by atoms with E-state index in [4.69, 9.17) is 9.47 Å².